The number of hydrogen-bond donors (Lipinski definition) is 2. The first kappa shape index (κ1) is 23.0. The van der Waals surface area contributed by atoms with Gasteiger partial charge in [0.1, 0.15) is 11.6 Å². The zero-order valence-corrected chi connectivity index (χ0v) is 20.0. The van der Waals surface area contributed by atoms with Gasteiger partial charge in [-0.3, -0.25) is 0 Å². The molecule has 0 unspecified atom stereocenters. The van der Waals surface area contributed by atoms with Crippen LogP contribution in [0.3, 0.4) is 0 Å². The second-order valence-electron chi connectivity index (χ2n) is 8.51. The van der Waals surface area contributed by atoms with Crippen molar-refractivity contribution in [1.82, 2.24) is 24.5 Å². The second-order valence-corrected chi connectivity index (χ2v) is 8.51. The summed E-state index contributed by atoms with van der Waals surface area (Å²) in [7, 11) is 1.66. The molecule has 0 spiro atoms. The summed E-state index contributed by atoms with van der Waals surface area (Å²) in [6, 6.07) is 10.8. The first-order chi connectivity index (χ1) is 17.1. The molecule has 0 radical (unpaired) electrons. The van der Waals surface area contributed by atoms with E-state index in [0.29, 0.717) is 42.9 Å². The van der Waals surface area contributed by atoms with E-state index >= 15 is 0 Å². The van der Waals surface area contributed by atoms with E-state index in [1.807, 2.05) is 24.4 Å². The second kappa shape index (κ2) is 10.2. The number of imidazole rings is 1. The van der Waals surface area contributed by atoms with Gasteiger partial charge in [0.15, 0.2) is 0 Å². The van der Waals surface area contributed by atoms with Gasteiger partial charge in [-0.15, -0.1) is 0 Å². The van der Waals surface area contributed by atoms with Crippen molar-refractivity contribution in [2.24, 2.45) is 0 Å². The Hall–Kier alpha value is -3.79. The number of aromatic nitrogens is 5. The van der Waals surface area contributed by atoms with Crippen molar-refractivity contribution in [3.8, 4) is 0 Å². The molecular weight excluding hydrogens is 447 g/mol. The summed E-state index contributed by atoms with van der Waals surface area (Å²) in [6.07, 6.45) is 2.74. The van der Waals surface area contributed by atoms with Crippen LogP contribution in [0, 0.1) is 12.7 Å². The summed E-state index contributed by atoms with van der Waals surface area (Å²) in [5.74, 6) is 2.40. The van der Waals surface area contributed by atoms with Crippen LogP contribution in [-0.4, -0.2) is 57.9 Å². The molecule has 2 aromatic heterocycles. The number of nitrogens with zero attached hydrogens (tertiary/aromatic N) is 6. The van der Waals surface area contributed by atoms with Gasteiger partial charge in [-0.25, -0.2) is 9.37 Å². The molecule has 5 rings (SSSR count). The van der Waals surface area contributed by atoms with Gasteiger partial charge in [0.05, 0.1) is 6.61 Å². The Kier molecular flexibility index (Phi) is 6.71. The van der Waals surface area contributed by atoms with Gasteiger partial charge in [0.2, 0.25) is 17.8 Å². The number of anilines is 3. The van der Waals surface area contributed by atoms with Gasteiger partial charge in [-0.2, -0.15) is 15.0 Å². The predicted molar refractivity (Wildman–Crippen MR) is 134 cm³/mol. The van der Waals surface area contributed by atoms with Crippen molar-refractivity contribution in [2.75, 3.05) is 48.9 Å². The molecular formula is C25H29FN8O. The minimum atomic E-state index is -0.229. The SMILES string of the molecule is COCCNc1nc(NCc2ccc(F)c3ccccc23)nc(N2CCc3ncc(C)n3CC2)n1. The van der Waals surface area contributed by atoms with Gasteiger partial charge in [0.25, 0.3) is 0 Å². The lowest BCUT2D eigenvalue weighted by Gasteiger charge is -2.21. The molecule has 9 nitrogen and oxygen atoms in total. The minimum absolute atomic E-state index is 0.229. The maximum absolute atomic E-state index is 14.2. The van der Waals surface area contributed by atoms with Gasteiger partial charge in [0, 0.05) is 63.5 Å². The standard InChI is InChI=1S/C25H29FN8O/c1-17-15-28-22-9-11-33(12-13-34(17)22)25-31-23(27-10-14-35-2)30-24(32-25)29-16-18-7-8-21(26)20-6-4-3-5-19(18)20/h3-8,15H,9-14,16H2,1-2H3,(H2,27,29,30,31,32). The van der Waals surface area contributed by atoms with E-state index in [-0.39, 0.29) is 5.82 Å². The molecule has 2 aromatic carbocycles. The highest BCUT2D eigenvalue weighted by molar-refractivity contribution is 5.86. The lowest BCUT2D eigenvalue weighted by molar-refractivity contribution is 0.210. The topological polar surface area (TPSA) is 93.0 Å². The van der Waals surface area contributed by atoms with Crippen LogP contribution in [0.4, 0.5) is 22.2 Å². The number of halogens is 1. The fraction of sp³-hybridized carbons (Fsp3) is 0.360. The number of rotatable bonds is 8. The number of aryl methyl sites for hydroxylation is 1. The Bertz CT molecular complexity index is 1320. The number of hydrogen-bond acceptors (Lipinski definition) is 8. The first-order valence-electron chi connectivity index (χ1n) is 11.8. The van der Waals surface area contributed by atoms with E-state index in [4.69, 9.17) is 9.72 Å². The summed E-state index contributed by atoms with van der Waals surface area (Å²) in [4.78, 5) is 20.7. The van der Waals surface area contributed by atoms with Crippen LogP contribution in [0.25, 0.3) is 10.8 Å². The van der Waals surface area contributed by atoms with Gasteiger partial charge >= 0.3 is 0 Å². The highest BCUT2D eigenvalue weighted by Crippen LogP contribution is 2.23. The van der Waals surface area contributed by atoms with Crippen molar-refractivity contribution in [1.29, 1.82) is 0 Å². The lowest BCUT2D eigenvalue weighted by Crippen LogP contribution is -2.29. The molecule has 0 saturated heterocycles. The quantitative estimate of drug-likeness (QED) is 0.374. The van der Waals surface area contributed by atoms with E-state index in [1.165, 1.54) is 6.07 Å². The van der Waals surface area contributed by atoms with E-state index in [0.717, 1.165) is 48.5 Å². The molecule has 2 N–H and O–H groups in total. The van der Waals surface area contributed by atoms with E-state index < -0.39 is 0 Å². The molecule has 35 heavy (non-hydrogen) atoms. The normalized spacial score (nSPS) is 13.5. The van der Waals surface area contributed by atoms with Crippen molar-refractivity contribution in [3.05, 3.63) is 65.5 Å². The molecule has 10 heteroatoms. The summed E-state index contributed by atoms with van der Waals surface area (Å²) in [5.41, 5.74) is 2.13. The van der Waals surface area contributed by atoms with Gasteiger partial charge in [-0.1, -0.05) is 30.3 Å². The van der Waals surface area contributed by atoms with E-state index in [1.54, 1.807) is 19.2 Å². The maximum Gasteiger partial charge on any atom is 0.232 e. The van der Waals surface area contributed by atoms with Crippen LogP contribution in [0.2, 0.25) is 0 Å². The van der Waals surface area contributed by atoms with Crippen LogP contribution in [-0.2, 0) is 24.2 Å². The largest absolute Gasteiger partial charge is 0.383 e. The summed E-state index contributed by atoms with van der Waals surface area (Å²) < 4.78 is 21.6. The molecule has 0 amide bonds. The van der Waals surface area contributed by atoms with Crippen molar-refractivity contribution >= 4 is 28.6 Å². The van der Waals surface area contributed by atoms with E-state index in [2.05, 4.69) is 42.0 Å². The molecule has 0 saturated carbocycles. The Balaban J connectivity index is 1.39. The summed E-state index contributed by atoms with van der Waals surface area (Å²) in [6.45, 7) is 6.01. The Morgan fingerprint density at radius 1 is 0.971 bits per heavy atom. The highest BCUT2D eigenvalue weighted by Gasteiger charge is 2.20. The molecule has 182 valence electrons. The van der Waals surface area contributed by atoms with Crippen LogP contribution in [0.1, 0.15) is 17.1 Å². The molecule has 4 aromatic rings. The van der Waals surface area contributed by atoms with Crippen LogP contribution in [0.5, 0.6) is 0 Å². The average Bonchev–Trinajstić information content (AvgIpc) is 3.09. The summed E-state index contributed by atoms with van der Waals surface area (Å²) >= 11 is 0. The fourth-order valence-electron chi connectivity index (χ4n) is 4.37. The predicted octanol–water partition coefficient (Wildman–Crippen LogP) is 3.40. The van der Waals surface area contributed by atoms with Crippen LogP contribution in [0.15, 0.2) is 42.6 Å². The lowest BCUT2D eigenvalue weighted by atomic mass is 10.0. The van der Waals surface area contributed by atoms with Crippen LogP contribution >= 0.6 is 0 Å². The first-order valence-corrected chi connectivity index (χ1v) is 11.8. The monoisotopic (exact) mass is 476 g/mol. The Morgan fingerprint density at radius 2 is 1.77 bits per heavy atom. The highest BCUT2D eigenvalue weighted by atomic mass is 19.1. The van der Waals surface area contributed by atoms with Crippen molar-refractivity contribution in [2.45, 2.75) is 26.4 Å². The fourth-order valence-corrected chi connectivity index (χ4v) is 4.37. The molecule has 0 aliphatic carbocycles. The van der Waals surface area contributed by atoms with Crippen molar-refractivity contribution in [3.63, 3.8) is 0 Å². The number of fused-ring (bicyclic) bond motifs is 2. The van der Waals surface area contributed by atoms with E-state index in [9.17, 15) is 4.39 Å². The Labute approximate surface area is 203 Å². The molecule has 1 aliphatic rings. The average molecular weight is 477 g/mol. The Morgan fingerprint density at radius 3 is 2.60 bits per heavy atom. The number of benzene rings is 2. The molecule has 0 fully saturated rings. The third-order valence-electron chi connectivity index (χ3n) is 6.23. The van der Waals surface area contributed by atoms with Crippen molar-refractivity contribution < 1.29 is 9.13 Å². The number of ether oxygens (including phenoxy) is 1. The molecule has 0 atom stereocenters. The third-order valence-corrected chi connectivity index (χ3v) is 6.23. The number of methoxy groups -OCH3 is 1. The minimum Gasteiger partial charge on any atom is -0.383 e. The van der Waals surface area contributed by atoms with Gasteiger partial charge < -0.3 is 24.8 Å². The van der Waals surface area contributed by atoms with Gasteiger partial charge in [-0.05, 0) is 23.9 Å². The zero-order chi connectivity index (χ0) is 24.2. The summed E-state index contributed by atoms with van der Waals surface area (Å²) in [5, 5.41) is 8.00. The third kappa shape index (κ3) is 5.02. The smallest absolute Gasteiger partial charge is 0.232 e. The zero-order valence-electron chi connectivity index (χ0n) is 20.0. The van der Waals surface area contributed by atoms with Crippen LogP contribution < -0.4 is 15.5 Å². The molecule has 1 aliphatic heterocycles. The maximum atomic E-state index is 14.2. The number of nitrogens with one attached hydrogen (secondary N) is 2. The molecule has 0 bridgehead atoms. The molecule has 3 heterocycles.